The molecule has 2 rings (SSSR count). The van der Waals surface area contributed by atoms with Gasteiger partial charge >= 0.3 is 0 Å². The van der Waals surface area contributed by atoms with E-state index >= 15 is 0 Å². The van der Waals surface area contributed by atoms with Crippen molar-refractivity contribution in [3.8, 4) is 16.9 Å². The first-order chi connectivity index (χ1) is 7.85. The Morgan fingerprint density at radius 3 is 2.44 bits per heavy atom. The van der Waals surface area contributed by atoms with Gasteiger partial charge in [-0.1, -0.05) is 42.5 Å². The lowest BCUT2D eigenvalue weighted by atomic mass is 10.0. The maximum absolute atomic E-state index is 9.06. The van der Waals surface area contributed by atoms with Gasteiger partial charge in [-0.2, -0.15) is 0 Å². The van der Waals surface area contributed by atoms with Gasteiger partial charge in [-0.25, -0.2) is 0 Å². The van der Waals surface area contributed by atoms with Crippen LogP contribution in [0, 0.1) is 0 Å². The summed E-state index contributed by atoms with van der Waals surface area (Å²) in [4.78, 5) is 0. The monoisotopic (exact) mass is 214 g/mol. The van der Waals surface area contributed by atoms with Crippen LogP contribution < -0.4 is 4.74 Å². The molecular formula is C14H14O2. The highest BCUT2D eigenvalue weighted by molar-refractivity contribution is 5.70. The number of methoxy groups -OCH3 is 1. The molecule has 0 heterocycles. The van der Waals surface area contributed by atoms with Crippen molar-refractivity contribution in [1.82, 2.24) is 0 Å². The second-order valence-electron chi connectivity index (χ2n) is 3.56. The zero-order chi connectivity index (χ0) is 11.4. The molecule has 0 fully saturated rings. The first kappa shape index (κ1) is 10.7. The van der Waals surface area contributed by atoms with E-state index in [9.17, 15) is 0 Å². The molecule has 0 bridgehead atoms. The van der Waals surface area contributed by atoms with Crippen molar-refractivity contribution in [1.29, 1.82) is 0 Å². The van der Waals surface area contributed by atoms with E-state index in [0.29, 0.717) is 0 Å². The van der Waals surface area contributed by atoms with E-state index in [0.717, 1.165) is 22.4 Å². The minimum atomic E-state index is 0.0332. The van der Waals surface area contributed by atoms with Gasteiger partial charge in [-0.15, -0.1) is 0 Å². The summed E-state index contributed by atoms with van der Waals surface area (Å²) in [7, 11) is 1.64. The van der Waals surface area contributed by atoms with Crippen LogP contribution in [-0.2, 0) is 6.61 Å². The van der Waals surface area contributed by atoms with Gasteiger partial charge in [-0.3, -0.25) is 0 Å². The predicted octanol–water partition coefficient (Wildman–Crippen LogP) is 2.85. The smallest absolute Gasteiger partial charge is 0.127 e. The van der Waals surface area contributed by atoms with Crippen molar-refractivity contribution in [2.75, 3.05) is 7.11 Å². The number of aliphatic hydroxyl groups is 1. The van der Waals surface area contributed by atoms with E-state index in [4.69, 9.17) is 9.84 Å². The molecule has 0 saturated heterocycles. The third-order valence-electron chi connectivity index (χ3n) is 2.53. The summed E-state index contributed by atoms with van der Waals surface area (Å²) in [5.41, 5.74) is 3.01. The van der Waals surface area contributed by atoms with E-state index in [2.05, 4.69) is 0 Å². The highest BCUT2D eigenvalue weighted by Crippen LogP contribution is 2.30. The summed E-state index contributed by atoms with van der Waals surface area (Å²) >= 11 is 0. The third-order valence-corrected chi connectivity index (χ3v) is 2.53. The van der Waals surface area contributed by atoms with Crippen LogP contribution in [0.2, 0.25) is 0 Å². The fourth-order valence-electron chi connectivity index (χ4n) is 1.69. The number of hydrogen-bond acceptors (Lipinski definition) is 2. The molecule has 0 amide bonds. The van der Waals surface area contributed by atoms with E-state index in [-0.39, 0.29) is 6.61 Å². The summed E-state index contributed by atoms with van der Waals surface area (Å²) in [5, 5.41) is 9.06. The molecule has 0 aromatic heterocycles. The van der Waals surface area contributed by atoms with Crippen molar-refractivity contribution in [3.63, 3.8) is 0 Å². The number of rotatable bonds is 3. The van der Waals surface area contributed by atoms with Gasteiger partial charge in [0.25, 0.3) is 0 Å². The molecule has 82 valence electrons. The van der Waals surface area contributed by atoms with Crippen LogP contribution in [0.15, 0.2) is 48.5 Å². The molecule has 0 aliphatic carbocycles. The Bertz CT molecular complexity index is 463. The van der Waals surface area contributed by atoms with Gasteiger partial charge in [0.1, 0.15) is 5.75 Å². The Balaban J connectivity index is 2.49. The Labute approximate surface area is 95.1 Å². The second-order valence-corrected chi connectivity index (χ2v) is 3.56. The standard InChI is InChI=1S/C14H14O2/c1-16-14-9-11(10-15)7-8-13(14)12-5-3-2-4-6-12/h2-9,15H,10H2,1H3. The molecule has 0 radical (unpaired) electrons. The number of ether oxygens (including phenoxy) is 1. The molecule has 0 saturated carbocycles. The minimum Gasteiger partial charge on any atom is -0.496 e. The summed E-state index contributed by atoms with van der Waals surface area (Å²) in [6.07, 6.45) is 0. The number of hydrogen-bond donors (Lipinski definition) is 1. The van der Waals surface area contributed by atoms with Crippen molar-refractivity contribution < 1.29 is 9.84 Å². The predicted molar refractivity (Wildman–Crippen MR) is 64.4 cm³/mol. The molecule has 16 heavy (non-hydrogen) atoms. The van der Waals surface area contributed by atoms with E-state index in [1.54, 1.807) is 7.11 Å². The first-order valence-electron chi connectivity index (χ1n) is 5.18. The summed E-state index contributed by atoms with van der Waals surface area (Å²) in [5.74, 6) is 0.790. The Hall–Kier alpha value is -1.80. The molecule has 0 aliphatic heterocycles. The summed E-state index contributed by atoms with van der Waals surface area (Å²) in [6, 6.07) is 15.8. The van der Waals surface area contributed by atoms with E-state index in [1.807, 2.05) is 48.5 Å². The molecule has 0 unspecified atom stereocenters. The quantitative estimate of drug-likeness (QED) is 0.851. The highest BCUT2D eigenvalue weighted by Gasteiger charge is 2.05. The average molecular weight is 214 g/mol. The van der Waals surface area contributed by atoms with Gasteiger partial charge in [0, 0.05) is 5.56 Å². The fourth-order valence-corrected chi connectivity index (χ4v) is 1.69. The third kappa shape index (κ3) is 2.07. The van der Waals surface area contributed by atoms with Crippen LogP contribution in [0.25, 0.3) is 11.1 Å². The van der Waals surface area contributed by atoms with Crippen molar-refractivity contribution >= 4 is 0 Å². The lowest BCUT2D eigenvalue weighted by Crippen LogP contribution is -1.91. The molecule has 2 heteroatoms. The Morgan fingerprint density at radius 2 is 1.81 bits per heavy atom. The molecule has 1 N–H and O–H groups in total. The lowest BCUT2D eigenvalue weighted by molar-refractivity contribution is 0.281. The number of benzene rings is 2. The second kappa shape index (κ2) is 4.81. The minimum absolute atomic E-state index is 0.0332. The fraction of sp³-hybridized carbons (Fsp3) is 0.143. The SMILES string of the molecule is COc1cc(CO)ccc1-c1ccccc1. The van der Waals surface area contributed by atoms with Gasteiger partial charge in [-0.05, 0) is 17.2 Å². The van der Waals surface area contributed by atoms with Crippen LogP contribution in [-0.4, -0.2) is 12.2 Å². The van der Waals surface area contributed by atoms with Gasteiger partial charge in [0.15, 0.2) is 0 Å². The van der Waals surface area contributed by atoms with Crippen molar-refractivity contribution in [3.05, 3.63) is 54.1 Å². The molecule has 0 spiro atoms. The van der Waals surface area contributed by atoms with Crippen molar-refractivity contribution in [2.24, 2.45) is 0 Å². The highest BCUT2D eigenvalue weighted by atomic mass is 16.5. The van der Waals surface area contributed by atoms with Gasteiger partial charge in [0.05, 0.1) is 13.7 Å². The summed E-state index contributed by atoms with van der Waals surface area (Å²) < 4.78 is 5.33. The van der Waals surface area contributed by atoms with E-state index < -0.39 is 0 Å². The number of aliphatic hydroxyl groups excluding tert-OH is 1. The molecule has 0 atom stereocenters. The zero-order valence-corrected chi connectivity index (χ0v) is 9.18. The lowest BCUT2D eigenvalue weighted by Gasteiger charge is -2.09. The maximum Gasteiger partial charge on any atom is 0.127 e. The van der Waals surface area contributed by atoms with Gasteiger partial charge < -0.3 is 9.84 Å². The molecular weight excluding hydrogens is 200 g/mol. The van der Waals surface area contributed by atoms with Crippen LogP contribution in [0.5, 0.6) is 5.75 Å². The maximum atomic E-state index is 9.06. The van der Waals surface area contributed by atoms with Crippen molar-refractivity contribution in [2.45, 2.75) is 6.61 Å². The Morgan fingerprint density at radius 1 is 1.06 bits per heavy atom. The zero-order valence-electron chi connectivity index (χ0n) is 9.18. The Kier molecular flexibility index (Phi) is 3.22. The van der Waals surface area contributed by atoms with Crippen LogP contribution >= 0.6 is 0 Å². The van der Waals surface area contributed by atoms with Crippen LogP contribution in [0.1, 0.15) is 5.56 Å². The summed E-state index contributed by atoms with van der Waals surface area (Å²) in [6.45, 7) is 0.0332. The normalized spacial score (nSPS) is 10.1. The average Bonchev–Trinajstić information content (AvgIpc) is 2.39. The topological polar surface area (TPSA) is 29.5 Å². The van der Waals surface area contributed by atoms with Crippen LogP contribution in [0.4, 0.5) is 0 Å². The van der Waals surface area contributed by atoms with E-state index in [1.165, 1.54) is 0 Å². The molecule has 2 nitrogen and oxygen atoms in total. The van der Waals surface area contributed by atoms with Crippen LogP contribution in [0.3, 0.4) is 0 Å². The molecule has 2 aromatic rings. The molecule has 0 aliphatic rings. The van der Waals surface area contributed by atoms with Gasteiger partial charge in [0.2, 0.25) is 0 Å². The molecule has 2 aromatic carbocycles. The first-order valence-corrected chi connectivity index (χ1v) is 5.18. The largest absolute Gasteiger partial charge is 0.496 e.